The molecule has 2 rings (SSSR count). The molecule has 0 aliphatic carbocycles. The highest BCUT2D eigenvalue weighted by molar-refractivity contribution is 6.33. The molecule has 7 heteroatoms. The lowest BCUT2D eigenvalue weighted by molar-refractivity contribution is 0.417. The molecule has 0 unspecified atom stereocenters. The van der Waals surface area contributed by atoms with Gasteiger partial charge in [0.2, 0.25) is 5.28 Å². The fraction of sp³-hybridized carbons (Fsp3) is 0.0909. The van der Waals surface area contributed by atoms with Gasteiger partial charge in [-0.15, -0.1) is 0 Å². The minimum atomic E-state index is 0.0999. The Bertz CT molecular complexity index is 577. The third-order valence-electron chi connectivity index (χ3n) is 2.13. The van der Waals surface area contributed by atoms with Crippen molar-refractivity contribution in [2.75, 3.05) is 12.4 Å². The number of hydrogen-bond donors (Lipinski definition) is 1. The Morgan fingerprint density at radius 3 is 2.72 bits per heavy atom. The van der Waals surface area contributed by atoms with Gasteiger partial charge >= 0.3 is 0 Å². The lowest BCUT2D eigenvalue weighted by Gasteiger charge is -2.11. The summed E-state index contributed by atoms with van der Waals surface area (Å²) in [6, 6.07) is 5.16. The number of rotatable bonds is 3. The van der Waals surface area contributed by atoms with Crippen molar-refractivity contribution in [2.45, 2.75) is 0 Å². The van der Waals surface area contributed by atoms with Crippen LogP contribution in [0.15, 0.2) is 24.4 Å². The summed E-state index contributed by atoms with van der Waals surface area (Å²) in [6.07, 6.45) is 1.41. The van der Waals surface area contributed by atoms with E-state index in [9.17, 15) is 0 Å². The normalized spacial score (nSPS) is 10.2. The summed E-state index contributed by atoms with van der Waals surface area (Å²) in [5.41, 5.74) is 0.640. The summed E-state index contributed by atoms with van der Waals surface area (Å²) in [6.45, 7) is 0. The molecule has 0 bridgehead atoms. The molecule has 94 valence electrons. The predicted molar refractivity (Wildman–Crippen MR) is 73.3 cm³/mol. The predicted octanol–water partition coefficient (Wildman–Crippen LogP) is 4.19. The molecule has 0 saturated carbocycles. The van der Waals surface area contributed by atoms with Crippen LogP contribution in [0.3, 0.4) is 0 Å². The van der Waals surface area contributed by atoms with Gasteiger partial charge in [0.05, 0.1) is 19.0 Å². The number of nitrogens with one attached hydrogen (secondary N) is 1. The maximum atomic E-state index is 5.96. The van der Waals surface area contributed by atoms with Crippen molar-refractivity contribution in [3.05, 3.63) is 39.7 Å². The highest BCUT2D eigenvalue weighted by Gasteiger charge is 2.09. The zero-order chi connectivity index (χ0) is 13.1. The van der Waals surface area contributed by atoms with Gasteiger partial charge in [-0.1, -0.05) is 23.2 Å². The van der Waals surface area contributed by atoms with Crippen LogP contribution in [0.5, 0.6) is 5.75 Å². The van der Waals surface area contributed by atoms with Crippen LogP contribution in [0.2, 0.25) is 15.3 Å². The Kier molecular flexibility index (Phi) is 4.11. The smallest absolute Gasteiger partial charge is 0.224 e. The van der Waals surface area contributed by atoms with Crippen LogP contribution < -0.4 is 10.1 Å². The SMILES string of the molecule is COc1ccc(Cl)cc1Nc1nc(Cl)ncc1Cl. The molecule has 0 spiro atoms. The molecule has 2 aromatic rings. The number of ether oxygens (including phenoxy) is 1. The lowest BCUT2D eigenvalue weighted by atomic mass is 10.3. The van der Waals surface area contributed by atoms with E-state index in [2.05, 4.69) is 15.3 Å². The molecule has 0 radical (unpaired) electrons. The number of benzene rings is 1. The van der Waals surface area contributed by atoms with E-state index in [1.807, 2.05) is 0 Å². The van der Waals surface area contributed by atoms with Crippen LogP contribution in [0.4, 0.5) is 11.5 Å². The molecule has 0 aliphatic rings. The zero-order valence-electron chi connectivity index (χ0n) is 9.25. The first kappa shape index (κ1) is 13.2. The number of anilines is 2. The molecule has 1 aromatic carbocycles. The van der Waals surface area contributed by atoms with Gasteiger partial charge in [-0.3, -0.25) is 0 Å². The minimum absolute atomic E-state index is 0.0999. The quantitative estimate of drug-likeness (QED) is 0.864. The van der Waals surface area contributed by atoms with Crippen molar-refractivity contribution in [1.82, 2.24) is 9.97 Å². The van der Waals surface area contributed by atoms with Crippen LogP contribution in [0.25, 0.3) is 0 Å². The first-order valence-corrected chi connectivity index (χ1v) is 6.02. The number of methoxy groups -OCH3 is 1. The second kappa shape index (κ2) is 5.61. The topological polar surface area (TPSA) is 47.0 Å². The average molecular weight is 305 g/mol. The maximum absolute atomic E-state index is 5.96. The van der Waals surface area contributed by atoms with E-state index < -0.39 is 0 Å². The van der Waals surface area contributed by atoms with Gasteiger partial charge in [0, 0.05) is 5.02 Å². The van der Waals surface area contributed by atoms with E-state index in [-0.39, 0.29) is 5.28 Å². The second-order valence-corrected chi connectivity index (χ2v) is 4.49. The number of hydrogen-bond acceptors (Lipinski definition) is 4. The van der Waals surface area contributed by atoms with E-state index in [1.54, 1.807) is 25.3 Å². The number of halogens is 3. The molecule has 0 aliphatic heterocycles. The van der Waals surface area contributed by atoms with Crippen molar-refractivity contribution in [3.63, 3.8) is 0 Å². The van der Waals surface area contributed by atoms with Gasteiger partial charge in [-0.05, 0) is 29.8 Å². The van der Waals surface area contributed by atoms with Crippen LogP contribution in [-0.4, -0.2) is 17.1 Å². The molecular weight excluding hydrogens is 296 g/mol. The van der Waals surface area contributed by atoms with Crippen LogP contribution in [-0.2, 0) is 0 Å². The molecule has 18 heavy (non-hydrogen) atoms. The summed E-state index contributed by atoms with van der Waals surface area (Å²) in [5, 5.41) is 4.01. The Balaban J connectivity index is 2.38. The van der Waals surface area contributed by atoms with Gasteiger partial charge < -0.3 is 10.1 Å². The number of nitrogens with zero attached hydrogens (tertiary/aromatic N) is 2. The van der Waals surface area contributed by atoms with E-state index >= 15 is 0 Å². The number of aromatic nitrogens is 2. The van der Waals surface area contributed by atoms with Gasteiger partial charge in [0.15, 0.2) is 5.82 Å². The Morgan fingerprint density at radius 2 is 2.00 bits per heavy atom. The van der Waals surface area contributed by atoms with Crippen molar-refractivity contribution in [3.8, 4) is 5.75 Å². The third kappa shape index (κ3) is 2.96. The largest absolute Gasteiger partial charge is 0.495 e. The standard InChI is InChI=1S/C11H8Cl3N3O/c1-18-9-3-2-6(12)4-8(9)16-10-7(13)5-15-11(14)17-10/h2-5H,1H3,(H,15,16,17). The molecule has 4 nitrogen and oxygen atoms in total. The first-order chi connectivity index (χ1) is 8.60. The van der Waals surface area contributed by atoms with Gasteiger partial charge in [-0.25, -0.2) is 4.98 Å². The van der Waals surface area contributed by atoms with Crippen molar-refractivity contribution < 1.29 is 4.74 Å². The summed E-state index contributed by atoms with van der Waals surface area (Å²) in [4.78, 5) is 7.75. The second-order valence-electron chi connectivity index (χ2n) is 3.31. The van der Waals surface area contributed by atoms with Gasteiger partial charge in [0.1, 0.15) is 10.8 Å². The monoisotopic (exact) mass is 303 g/mol. The summed E-state index contributed by atoms with van der Waals surface area (Å²) < 4.78 is 5.20. The van der Waals surface area contributed by atoms with E-state index in [1.165, 1.54) is 6.20 Å². The maximum Gasteiger partial charge on any atom is 0.224 e. The molecule has 1 heterocycles. The summed E-state index contributed by atoms with van der Waals surface area (Å²) >= 11 is 17.6. The third-order valence-corrected chi connectivity index (χ3v) is 2.82. The van der Waals surface area contributed by atoms with Crippen molar-refractivity contribution in [1.29, 1.82) is 0 Å². The molecule has 0 amide bonds. The highest BCUT2D eigenvalue weighted by Crippen LogP contribution is 2.32. The first-order valence-electron chi connectivity index (χ1n) is 4.89. The molecule has 1 N–H and O–H groups in total. The molecule has 0 saturated heterocycles. The van der Waals surface area contributed by atoms with Crippen molar-refractivity contribution >= 4 is 46.3 Å². The molecule has 0 atom stereocenters. The summed E-state index contributed by atoms with van der Waals surface area (Å²) in [5.74, 6) is 1.00. The minimum Gasteiger partial charge on any atom is -0.495 e. The highest BCUT2D eigenvalue weighted by atomic mass is 35.5. The van der Waals surface area contributed by atoms with Crippen molar-refractivity contribution in [2.24, 2.45) is 0 Å². The molecule has 1 aromatic heterocycles. The molecular formula is C11H8Cl3N3O. The average Bonchev–Trinajstić information content (AvgIpc) is 2.34. The zero-order valence-corrected chi connectivity index (χ0v) is 11.5. The fourth-order valence-electron chi connectivity index (χ4n) is 1.34. The van der Waals surface area contributed by atoms with Gasteiger partial charge in [-0.2, -0.15) is 4.98 Å². The van der Waals surface area contributed by atoms with E-state index in [0.29, 0.717) is 27.3 Å². The Morgan fingerprint density at radius 1 is 1.22 bits per heavy atom. The summed E-state index contributed by atoms with van der Waals surface area (Å²) in [7, 11) is 1.56. The lowest BCUT2D eigenvalue weighted by Crippen LogP contribution is -1.98. The molecule has 0 fully saturated rings. The Hall–Kier alpha value is -1.23. The Labute approximate surface area is 119 Å². The van der Waals surface area contributed by atoms with E-state index in [4.69, 9.17) is 39.5 Å². The van der Waals surface area contributed by atoms with Gasteiger partial charge in [0.25, 0.3) is 0 Å². The van der Waals surface area contributed by atoms with E-state index in [0.717, 1.165) is 0 Å². The van der Waals surface area contributed by atoms with Crippen LogP contribution in [0.1, 0.15) is 0 Å². The van der Waals surface area contributed by atoms with Crippen LogP contribution >= 0.6 is 34.8 Å². The fourth-order valence-corrected chi connectivity index (χ4v) is 1.78. The van der Waals surface area contributed by atoms with Crippen LogP contribution in [0, 0.1) is 0 Å².